The third-order valence-corrected chi connectivity index (χ3v) is 2.18. The van der Waals surface area contributed by atoms with Crippen LogP contribution in [0.4, 0.5) is 0 Å². The molecule has 0 fully saturated rings. The lowest BCUT2D eigenvalue weighted by Crippen LogP contribution is -2.19. The highest BCUT2D eigenvalue weighted by molar-refractivity contribution is 6.35. The lowest BCUT2D eigenvalue weighted by atomic mass is 10.3. The summed E-state index contributed by atoms with van der Waals surface area (Å²) in [6.07, 6.45) is 3.08. The molecule has 0 aromatic heterocycles. The van der Waals surface area contributed by atoms with E-state index in [9.17, 15) is 4.79 Å². The van der Waals surface area contributed by atoms with Gasteiger partial charge in [0.15, 0.2) is 0 Å². The molecular formula is C8H14Cl2O2. The number of esters is 1. The van der Waals surface area contributed by atoms with Gasteiger partial charge in [0.1, 0.15) is 5.38 Å². The minimum absolute atomic E-state index is 0.105. The van der Waals surface area contributed by atoms with Gasteiger partial charge in [-0.3, -0.25) is 4.79 Å². The average Bonchev–Trinajstić information content (AvgIpc) is 2.10. The van der Waals surface area contributed by atoms with Crippen molar-refractivity contribution in [3.8, 4) is 0 Å². The summed E-state index contributed by atoms with van der Waals surface area (Å²) in [4.78, 5) is 10.9. The summed E-state index contributed by atoms with van der Waals surface area (Å²) in [6, 6.07) is 0. The highest BCUT2D eigenvalue weighted by Crippen LogP contribution is 2.02. The minimum atomic E-state index is -0.701. The van der Waals surface area contributed by atoms with Crippen LogP contribution < -0.4 is 0 Å². The fourth-order valence-electron chi connectivity index (χ4n) is 0.678. The Labute approximate surface area is 83.2 Å². The van der Waals surface area contributed by atoms with Crippen LogP contribution in [0.25, 0.3) is 0 Å². The van der Waals surface area contributed by atoms with Crippen molar-refractivity contribution in [2.24, 2.45) is 0 Å². The molecule has 0 aromatic rings. The Morgan fingerprint density at radius 1 is 1.50 bits per heavy atom. The first-order valence-electron chi connectivity index (χ1n) is 4.09. The first-order chi connectivity index (χ1) is 5.72. The Morgan fingerprint density at radius 2 is 2.17 bits per heavy atom. The quantitative estimate of drug-likeness (QED) is 0.385. The minimum Gasteiger partial charge on any atom is -0.465 e. The largest absolute Gasteiger partial charge is 0.465 e. The van der Waals surface area contributed by atoms with E-state index in [-0.39, 0.29) is 5.88 Å². The number of halogens is 2. The van der Waals surface area contributed by atoms with Crippen LogP contribution >= 0.6 is 23.2 Å². The van der Waals surface area contributed by atoms with Crippen molar-refractivity contribution in [3.63, 3.8) is 0 Å². The predicted molar refractivity (Wildman–Crippen MR) is 50.8 cm³/mol. The summed E-state index contributed by atoms with van der Waals surface area (Å²) in [5.41, 5.74) is 0. The molecule has 1 atom stereocenters. The monoisotopic (exact) mass is 212 g/mol. The summed E-state index contributed by atoms with van der Waals surface area (Å²) < 4.78 is 4.84. The van der Waals surface area contributed by atoms with Crippen molar-refractivity contribution in [3.05, 3.63) is 0 Å². The van der Waals surface area contributed by atoms with Crippen LogP contribution in [0, 0.1) is 0 Å². The lowest BCUT2D eigenvalue weighted by Gasteiger charge is -2.06. The molecule has 0 aromatic carbocycles. The molecule has 0 bridgehead atoms. The van der Waals surface area contributed by atoms with Gasteiger partial charge in [-0.2, -0.15) is 0 Å². The van der Waals surface area contributed by atoms with E-state index in [1.807, 2.05) is 0 Å². The van der Waals surface area contributed by atoms with Gasteiger partial charge in [0.05, 0.1) is 6.61 Å². The Balaban J connectivity index is 3.31. The molecule has 0 aliphatic rings. The van der Waals surface area contributed by atoms with Crippen LogP contribution in [0.5, 0.6) is 0 Å². The predicted octanol–water partition coefficient (Wildman–Crippen LogP) is 2.57. The zero-order valence-electron chi connectivity index (χ0n) is 7.19. The fourth-order valence-corrected chi connectivity index (χ4v) is 0.867. The van der Waals surface area contributed by atoms with Crippen molar-refractivity contribution >= 4 is 29.2 Å². The Morgan fingerprint density at radius 3 is 2.67 bits per heavy atom. The number of hydrogen-bond donors (Lipinski definition) is 0. The van der Waals surface area contributed by atoms with E-state index in [0.29, 0.717) is 6.61 Å². The summed E-state index contributed by atoms with van der Waals surface area (Å²) in [5, 5.41) is -0.701. The zero-order chi connectivity index (χ0) is 9.40. The van der Waals surface area contributed by atoms with Crippen LogP contribution in [0.2, 0.25) is 0 Å². The Kier molecular flexibility index (Phi) is 7.72. The van der Waals surface area contributed by atoms with Crippen molar-refractivity contribution < 1.29 is 9.53 Å². The van der Waals surface area contributed by atoms with Gasteiger partial charge in [-0.1, -0.05) is 19.8 Å². The summed E-state index contributed by atoms with van der Waals surface area (Å²) in [6.45, 7) is 2.54. The first-order valence-corrected chi connectivity index (χ1v) is 5.06. The summed E-state index contributed by atoms with van der Waals surface area (Å²) in [5.74, 6) is -0.309. The van der Waals surface area contributed by atoms with Gasteiger partial charge in [-0.05, 0) is 6.42 Å². The van der Waals surface area contributed by atoms with Gasteiger partial charge in [0, 0.05) is 5.88 Å². The third kappa shape index (κ3) is 5.67. The Hall–Kier alpha value is 0.0500. The van der Waals surface area contributed by atoms with Gasteiger partial charge in [-0.25, -0.2) is 0 Å². The number of hydrogen-bond acceptors (Lipinski definition) is 2. The van der Waals surface area contributed by atoms with E-state index < -0.39 is 11.3 Å². The van der Waals surface area contributed by atoms with Gasteiger partial charge in [0.25, 0.3) is 0 Å². The molecule has 4 heteroatoms. The molecule has 0 saturated carbocycles. The maximum Gasteiger partial charge on any atom is 0.325 e. The maximum atomic E-state index is 10.9. The highest BCUT2D eigenvalue weighted by Gasteiger charge is 2.14. The number of carbonyl (C=O) groups is 1. The SMILES string of the molecule is CCCCCOC(=O)C(Cl)CCl. The van der Waals surface area contributed by atoms with Crippen LogP contribution in [0.3, 0.4) is 0 Å². The molecule has 0 saturated heterocycles. The number of alkyl halides is 2. The maximum absolute atomic E-state index is 10.9. The molecule has 0 aliphatic heterocycles. The molecule has 0 N–H and O–H groups in total. The average molecular weight is 213 g/mol. The van der Waals surface area contributed by atoms with Crippen LogP contribution in [-0.2, 0) is 9.53 Å². The van der Waals surface area contributed by atoms with E-state index in [4.69, 9.17) is 27.9 Å². The number of ether oxygens (including phenoxy) is 1. The first kappa shape index (κ1) is 12.0. The molecule has 2 nitrogen and oxygen atoms in total. The molecular weight excluding hydrogens is 199 g/mol. The molecule has 0 amide bonds. The standard InChI is InChI=1S/C8H14Cl2O2/c1-2-3-4-5-12-8(11)7(10)6-9/h7H,2-6H2,1H3. The molecule has 0 rings (SSSR count). The van der Waals surface area contributed by atoms with Gasteiger partial charge in [-0.15, -0.1) is 23.2 Å². The second kappa shape index (κ2) is 7.69. The van der Waals surface area contributed by atoms with E-state index in [1.165, 1.54) is 0 Å². The zero-order valence-corrected chi connectivity index (χ0v) is 8.70. The number of unbranched alkanes of at least 4 members (excludes halogenated alkanes) is 2. The molecule has 0 aliphatic carbocycles. The normalized spacial score (nSPS) is 12.6. The molecule has 12 heavy (non-hydrogen) atoms. The second-order valence-electron chi connectivity index (χ2n) is 2.50. The van der Waals surface area contributed by atoms with Crippen molar-refractivity contribution in [1.82, 2.24) is 0 Å². The fraction of sp³-hybridized carbons (Fsp3) is 0.875. The number of rotatable bonds is 6. The van der Waals surface area contributed by atoms with Crippen molar-refractivity contribution in [2.45, 2.75) is 31.6 Å². The van der Waals surface area contributed by atoms with Crippen LogP contribution in [0.15, 0.2) is 0 Å². The van der Waals surface area contributed by atoms with Gasteiger partial charge in [0.2, 0.25) is 0 Å². The summed E-state index contributed by atoms with van der Waals surface area (Å²) in [7, 11) is 0. The van der Waals surface area contributed by atoms with Gasteiger partial charge < -0.3 is 4.74 Å². The van der Waals surface area contributed by atoms with E-state index in [2.05, 4.69) is 6.92 Å². The molecule has 72 valence electrons. The molecule has 1 unspecified atom stereocenters. The topological polar surface area (TPSA) is 26.3 Å². The van der Waals surface area contributed by atoms with Crippen LogP contribution in [-0.4, -0.2) is 23.8 Å². The Bertz CT molecular complexity index is 128. The highest BCUT2D eigenvalue weighted by atomic mass is 35.5. The second-order valence-corrected chi connectivity index (χ2v) is 3.33. The third-order valence-electron chi connectivity index (χ3n) is 1.38. The van der Waals surface area contributed by atoms with E-state index >= 15 is 0 Å². The van der Waals surface area contributed by atoms with Crippen molar-refractivity contribution in [1.29, 1.82) is 0 Å². The molecule has 0 heterocycles. The number of carbonyl (C=O) groups excluding carboxylic acids is 1. The van der Waals surface area contributed by atoms with Crippen molar-refractivity contribution in [2.75, 3.05) is 12.5 Å². The molecule has 0 radical (unpaired) electrons. The van der Waals surface area contributed by atoms with Crippen LogP contribution in [0.1, 0.15) is 26.2 Å². The lowest BCUT2D eigenvalue weighted by molar-refractivity contribution is -0.142. The summed E-state index contributed by atoms with van der Waals surface area (Å²) >= 11 is 10.9. The van der Waals surface area contributed by atoms with Gasteiger partial charge >= 0.3 is 5.97 Å². The molecule has 0 spiro atoms. The van der Waals surface area contributed by atoms with E-state index in [1.54, 1.807) is 0 Å². The van der Waals surface area contributed by atoms with E-state index in [0.717, 1.165) is 19.3 Å². The smallest absolute Gasteiger partial charge is 0.325 e.